The number of aromatic nitrogens is 2. The minimum atomic E-state index is 0.705. The van der Waals surface area contributed by atoms with E-state index in [-0.39, 0.29) is 0 Å². The van der Waals surface area contributed by atoms with Crippen LogP contribution in [0.1, 0.15) is 10.7 Å². The van der Waals surface area contributed by atoms with Crippen molar-refractivity contribution < 1.29 is 0 Å². The Kier molecular flexibility index (Phi) is 3.82. The Morgan fingerprint density at radius 2 is 2.07 bits per heavy atom. The van der Waals surface area contributed by atoms with Crippen LogP contribution in [0.4, 0.5) is 0 Å². The average molecular weight is 284 g/mol. The van der Waals surface area contributed by atoms with Crippen LogP contribution < -0.4 is 5.32 Å². The lowest BCUT2D eigenvalue weighted by Crippen LogP contribution is -2.13. The molecule has 0 spiro atoms. The van der Waals surface area contributed by atoms with Crippen molar-refractivity contribution in [2.75, 3.05) is 0 Å². The second kappa shape index (κ2) is 5.34. The van der Waals surface area contributed by atoms with Crippen molar-refractivity contribution in [2.45, 2.75) is 13.1 Å². The number of hydrogen-bond acceptors (Lipinski definition) is 4. The van der Waals surface area contributed by atoms with Crippen LogP contribution >= 0.6 is 27.3 Å². The topological polar surface area (TPSA) is 37.8 Å². The summed E-state index contributed by atoms with van der Waals surface area (Å²) in [5, 5.41) is 5.38. The first kappa shape index (κ1) is 10.7. The highest BCUT2D eigenvalue weighted by Crippen LogP contribution is 2.19. The number of hydrogen-bond donors (Lipinski definition) is 1. The summed E-state index contributed by atoms with van der Waals surface area (Å²) in [7, 11) is 0. The summed E-state index contributed by atoms with van der Waals surface area (Å²) in [5.41, 5.74) is 0. The van der Waals surface area contributed by atoms with Gasteiger partial charge in [-0.25, -0.2) is 9.97 Å². The van der Waals surface area contributed by atoms with Gasteiger partial charge in [0, 0.05) is 33.7 Å². The largest absolute Gasteiger partial charge is 0.305 e. The standard InChI is InChI=1S/C10H10BrN3S/c11-8-4-9(15-7-8)5-12-6-10-13-2-1-3-14-10/h1-4,7,12H,5-6H2. The zero-order valence-corrected chi connectivity index (χ0v) is 10.4. The smallest absolute Gasteiger partial charge is 0.141 e. The maximum Gasteiger partial charge on any atom is 0.141 e. The third-order valence-electron chi connectivity index (χ3n) is 1.82. The summed E-state index contributed by atoms with van der Waals surface area (Å²) in [6.45, 7) is 1.56. The van der Waals surface area contributed by atoms with E-state index in [1.807, 2.05) is 6.07 Å². The normalized spacial score (nSPS) is 10.5. The predicted molar refractivity (Wildman–Crippen MR) is 64.6 cm³/mol. The van der Waals surface area contributed by atoms with Gasteiger partial charge in [-0.3, -0.25) is 0 Å². The van der Waals surface area contributed by atoms with E-state index in [2.05, 4.69) is 42.7 Å². The van der Waals surface area contributed by atoms with Gasteiger partial charge in [-0.2, -0.15) is 0 Å². The second-order valence-corrected chi connectivity index (χ2v) is 4.91. The highest BCUT2D eigenvalue weighted by atomic mass is 79.9. The Labute approximate surface area is 101 Å². The Bertz CT molecular complexity index is 416. The van der Waals surface area contributed by atoms with Gasteiger partial charge in [-0.05, 0) is 28.1 Å². The molecule has 0 aliphatic carbocycles. The molecule has 0 atom stereocenters. The molecule has 2 heterocycles. The number of nitrogens with one attached hydrogen (secondary N) is 1. The van der Waals surface area contributed by atoms with E-state index in [1.165, 1.54) is 4.88 Å². The molecule has 0 unspecified atom stereocenters. The first-order valence-electron chi connectivity index (χ1n) is 4.54. The number of nitrogens with zero attached hydrogens (tertiary/aromatic N) is 2. The molecular weight excluding hydrogens is 274 g/mol. The molecule has 78 valence electrons. The fourth-order valence-corrected chi connectivity index (χ4v) is 2.59. The van der Waals surface area contributed by atoms with Crippen molar-refractivity contribution in [3.63, 3.8) is 0 Å². The van der Waals surface area contributed by atoms with Crippen LogP contribution in [0.25, 0.3) is 0 Å². The lowest BCUT2D eigenvalue weighted by atomic mass is 10.4. The van der Waals surface area contributed by atoms with Crippen LogP contribution in [-0.4, -0.2) is 9.97 Å². The third-order valence-corrected chi connectivity index (χ3v) is 3.52. The molecule has 0 radical (unpaired) electrons. The summed E-state index contributed by atoms with van der Waals surface area (Å²) < 4.78 is 1.14. The quantitative estimate of drug-likeness (QED) is 0.937. The molecule has 0 saturated carbocycles. The van der Waals surface area contributed by atoms with Crippen molar-refractivity contribution in [3.8, 4) is 0 Å². The summed E-state index contributed by atoms with van der Waals surface area (Å²) in [5.74, 6) is 0.827. The van der Waals surface area contributed by atoms with Gasteiger partial charge in [0.25, 0.3) is 0 Å². The molecule has 5 heteroatoms. The molecule has 2 aromatic heterocycles. The Hall–Kier alpha value is -0.780. The van der Waals surface area contributed by atoms with Crippen molar-refractivity contribution in [3.05, 3.63) is 45.1 Å². The molecule has 2 rings (SSSR count). The zero-order chi connectivity index (χ0) is 10.5. The molecule has 0 saturated heterocycles. The maximum atomic E-state index is 4.14. The van der Waals surface area contributed by atoms with Gasteiger partial charge < -0.3 is 5.32 Å². The number of halogens is 1. The van der Waals surface area contributed by atoms with Crippen LogP contribution in [-0.2, 0) is 13.1 Å². The first-order valence-corrected chi connectivity index (χ1v) is 6.21. The van der Waals surface area contributed by atoms with E-state index in [9.17, 15) is 0 Å². The zero-order valence-electron chi connectivity index (χ0n) is 7.98. The maximum absolute atomic E-state index is 4.14. The third kappa shape index (κ3) is 3.37. The van der Waals surface area contributed by atoms with Crippen molar-refractivity contribution >= 4 is 27.3 Å². The Morgan fingerprint density at radius 3 is 2.73 bits per heavy atom. The SMILES string of the molecule is Brc1csc(CNCc2ncccn2)c1. The van der Waals surface area contributed by atoms with Gasteiger partial charge in [0.1, 0.15) is 5.82 Å². The summed E-state index contributed by atoms with van der Waals surface area (Å²) in [4.78, 5) is 9.57. The van der Waals surface area contributed by atoms with Gasteiger partial charge in [0.2, 0.25) is 0 Å². The number of thiophene rings is 1. The molecule has 0 fully saturated rings. The lowest BCUT2D eigenvalue weighted by molar-refractivity contribution is 0.668. The fourth-order valence-electron chi connectivity index (χ4n) is 1.17. The first-order chi connectivity index (χ1) is 7.34. The highest BCUT2D eigenvalue weighted by molar-refractivity contribution is 9.10. The molecule has 3 nitrogen and oxygen atoms in total. The van der Waals surface area contributed by atoms with E-state index in [0.29, 0.717) is 6.54 Å². The van der Waals surface area contributed by atoms with E-state index in [1.54, 1.807) is 23.7 Å². The van der Waals surface area contributed by atoms with Crippen LogP contribution in [0, 0.1) is 0 Å². The Morgan fingerprint density at radius 1 is 1.27 bits per heavy atom. The summed E-state index contributed by atoms with van der Waals surface area (Å²) in [6.07, 6.45) is 3.51. The van der Waals surface area contributed by atoms with Crippen molar-refractivity contribution in [1.29, 1.82) is 0 Å². The molecule has 0 aliphatic rings. The van der Waals surface area contributed by atoms with Crippen molar-refractivity contribution in [2.24, 2.45) is 0 Å². The second-order valence-electron chi connectivity index (χ2n) is 3.00. The average Bonchev–Trinajstić information content (AvgIpc) is 2.66. The van der Waals surface area contributed by atoms with Gasteiger partial charge in [0.15, 0.2) is 0 Å². The molecule has 1 N–H and O–H groups in total. The van der Waals surface area contributed by atoms with Crippen LogP contribution in [0.5, 0.6) is 0 Å². The molecule has 0 amide bonds. The van der Waals surface area contributed by atoms with Crippen LogP contribution in [0.15, 0.2) is 34.4 Å². The molecule has 0 bridgehead atoms. The minimum absolute atomic E-state index is 0.705. The fraction of sp³-hybridized carbons (Fsp3) is 0.200. The van der Waals surface area contributed by atoms with E-state index < -0.39 is 0 Å². The lowest BCUT2D eigenvalue weighted by Gasteiger charge is -2.00. The van der Waals surface area contributed by atoms with Gasteiger partial charge >= 0.3 is 0 Å². The minimum Gasteiger partial charge on any atom is -0.305 e. The van der Waals surface area contributed by atoms with Crippen LogP contribution in [0.3, 0.4) is 0 Å². The molecule has 15 heavy (non-hydrogen) atoms. The van der Waals surface area contributed by atoms with Gasteiger partial charge in [0.05, 0.1) is 6.54 Å². The summed E-state index contributed by atoms with van der Waals surface area (Å²) in [6, 6.07) is 3.93. The van der Waals surface area contributed by atoms with E-state index in [4.69, 9.17) is 0 Å². The van der Waals surface area contributed by atoms with E-state index >= 15 is 0 Å². The van der Waals surface area contributed by atoms with Crippen LogP contribution in [0.2, 0.25) is 0 Å². The molecule has 0 aromatic carbocycles. The summed E-state index contributed by atoms with van der Waals surface area (Å²) >= 11 is 5.16. The monoisotopic (exact) mass is 283 g/mol. The van der Waals surface area contributed by atoms with E-state index in [0.717, 1.165) is 16.8 Å². The predicted octanol–water partition coefficient (Wildman–Crippen LogP) is 2.59. The number of rotatable bonds is 4. The van der Waals surface area contributed by atoms with Gasteiger partial charge in [-0.1, -0.05) is 0 Å². The Balaban J connectivity index is 1.80. The molecule has 0 aliphatic heterocycles. The van der Waals surface area contributed by atoms with Crippen molar-refractivity contribution in [1.82, 2.24) is 15.3 Å². The molecular formula is C10H10BrN3S. The molecule has 2 aromatic rings. The van der Waals surface area contributed by atoms with Gasteiger partial charge in [-0.15, -0.1) is 11.3 Å². The highest BCUT2D eigenvalue weighted by Gasteiger charge is 1.98.